The quantitative estimate of drug-likeness (QED) is 0.813. The summed E-state index contributed by atoms with van der Waals surface area (Å²) in [6, 6.07) is 13.1. The Morgan fingerprint density at radius 3 is 2.76 bits per heavy atom. The molecule has 1 heterocycles. The molecule has 1 unspecified atom stereocenters. The van der Waals surface area contributed by atoms with Crippen LogP contribution >= 0.6 is 27.3 Å². The zero-order valence-electron chi connectivity index (χ0n) is 10.0. The number of halogens is 1. The highest BCUT2D eigenvalue weighted by molar-refractivity contribution is 9.10. The van der Waals surface area contributed by atoms with Crippen molar-refractivity contribution in [1.29, 1.82) is 0 Å². The van der Waals surface area contributed by atoms with E-state index in [1.807, 2.05) is 23.5 Å². The minimum Gasteiger partial charge on any atom is -0.378 e. The molecule has 0 aliphatic heterocycles. The maximum absolute atomic E-state index is 3.52. The average Bonchev–Trinajstić information content (AvgIpc) is 2.77. The molecule has 2 aromatic rings. The number of hydrogen-bond acceptors (Lipinski definition) is 2. The standard InChI is InChI=1S/C14H16BrNS/c1-3-13-7-8-14(17-13)10(2)16-12-6-4-5-11(15)9-12/h4-10,16H,3H2,1-2H3. The fourth-order valence-electron chi connectivity index (χ4n) is 1.72. The SMILES string of the molecule is CCc1ccc(C(C)Nc2cccc(Br)c2)s1. The van der Waals surface area contributed by atoms with Gasteiger partial charge in [0.2, 0.25) is 0 Å². The Morgan fingerprint density at radius 2 is 2.12 bits per heavy atom. The van der Waals surface area contributed by atoms with Crippen LogP contribution < -0.4 is 5.32 Å². The van der Waals surface area contributed by atoms with Crippen LogP contribution in [0.25, 0.3) is 0 Å². The monoisotopic (exact) mass is 309 g/mol. The van der Waals surface area contributed by atoms with Crippen molar-refractivity contribution in [1.82, 2.24) is 0 Å². The van der Waals surface area contributed by atoms with Gasteiger partial charge in [-0.3, -0.25) is 0 Å². The largest absolute Gasteiger partial charge is 0.378 e. The third kappa shape index (κ3) is 3.33. The molecular formula is C14H16BrNS. The van der Waals surface area contributed by atoms with Gasteiger partial charge < -0.3 is 5.32 Å². The first-order valence-electron chi connectivity index (χ1n) is 5.79. The number of benzene rings is 1. The lowest BCUT2D eigenvalue weighted by Gasteiger charge is -2.13. The van der Waals surface area contributed by atoms with Gasteiger partial charge in [0, 0.05) is 19.9 Å². The fourth-order valence-corrected chi connectivity index (χ4v) is 3.07. The Bertz CT molecular complexity index is 492. The molecule has 0 spiro atoms. The highest BCUT2D eigenvalue weighted by atomic mass is 79.9. The highest BCUT2D eigenvalue weighted by Crippen LogP contribution is 2.27. The van der Waals surface area contributed by atoms with Gasteiger partial charge in [0.1, 0.15) is 0 Å². The Kier molecular flexibility index (Phi) is 4.24. The van der Waals surface area contributed by atoms with E-state index in [2.05, 4.69) is 59.4 Å². The molecule has 17 heavy (non-hydrogen) atoms. The van der Waals surface area contributed by atoms with Gasteiger partial charge in [-0.2, -0.15) is 0 Å². The predicted octanol–water partition coefficient (Wildman–Crippen LogP) is 5.25. The van der Waals surface area contributed by atoms with E-state index >= 15 is 0 Å². The van der Waals surface area contributed by atoms with Crippen LogP contribution in [0.3, 0.4) is 0 Å². The molecule has 1 nitrogen and oxygen atoms in total. The topological polar surface area (TPSA) is 12.0 Å². The summed E-state index contributed by atoms with van der Waals surface area (Å²) in [5.74, 6) is 0. The van der Waals surface area contributed by atoms with E-state index in [-0.39, 0.29) is 0 Å². The molecule has 0 aliphatic carbocycles. The van der Waals surface area contributed by atoms with Crippen molar-refractivity contribution in [3.05, 3.63) is 50.6 Å². The van der Waals surface area contributed by atoms with Crippen LogP contribution in [-0.2, 0) is 6.42 Å². The molecule has 1 N–H and O–H groups in total. The highest BCUT2D eigenvalue weighted by Gasteiger charge is 2.08. The van der Waals surface area contributed by atoms with E-state index in [4.69, 9.17) is 0 Å². The normalized spacial score (nSPS) is 12.4. The molecule has 0 saturated heterocycles. The summed E-state index contributed by atoms with van der Waals surface area (Å²) in [6.07, 6.45) is 1.12. The third-order valence-corrected chi connectivity index (χ3v) is 4.57. The summed E-state index contributed by atoms with van der Waals surface area (Å²) in [7, 11) is 0. The maximum Gasteiger partial charge on any atom is 0.0578 e. The summed E-state index contributed by atoms with van der Waals surface area (Å²) in [5, 5.41) is 3.52. The van der Waals surface area contributed by atoms with E-state index in [0.29, 0.717) is 6.04 Å². The first-order valence-corrected chi connectivity index (χ1v) is 7.40. The summed E-state index contributed by atoms with van der Waals surface area (Å²) >= 11 is 5.38. The molecule has 0 aliphatic rings. The number of aryl methyl sites for hydroxylation is 1. The van der Waals surface area contributed by atoms with Crippen LogP contribution in [0.2, 0.25) is 0 Å². The molecule has 2 rings (SSSR count). The Balaban J connectivity index is 2.08. The molecule has 1 aromatic carbocycles. The van der Waals surface area contributed by atoms with Gasteiger partial charge >= 0.3 is 0 Å². The number of nitrogens with one attached hydrogen (secondary N) is 1. The van der Waals surface area contributed by atoms with Gasteiger partial charge in [0.25, 0.3) is 0 Å². The number of rotatable bonds is 4. The summed E-state index contributed by atoms with van der Waals surface area (Å²) in [5.41, 5.74) is 1.15. The molecule has 3 heteroatoms. The second-order valence-electron chi connectivity index (χ2n) is 4.03. The zero-order chi connectivity index (χ0) is 12.3. The summed E-state index contributed by atoms with van der Waals surface area (Å²) in [4.78, 5) is 2.84. The molecule has 1 atom stereocenters. The van der Waals surface area contributed by atoms with Crippen LogP contribution in [0.15, 0.2) is 40.9 Å². The van der Waals surface area contributed by atoms with Crippen molar-refractivity contribution in [2.75, 3.05) is 5.32 Å². The second kappa shape index (κ2) is 5.69. The summed E-state index contributed by atoms with van der Waals surface area (Å²) in [6.45, 7) is 4.40. The van der Waals surface area contributed by atoms with Gasteiger partial charge in [-0.25, -0.2) is 0 Å². The smallest absolute Gasteiger partial charge is 0.0578 e. The van der Waals surface area contributed by atoms with Gasteiger partial charge in [0.05, 0.1) is 6.04 Å². The molecule has 0 radical (unpaired) electrons. The van der Waals surface area contributed by atoms with Crippen molar-refractivity contribution >= 4 is 33.0 Å². The van der Waals surface area contributed by atoms with Crippen LogP contribution in [-0.4, -0.2) is 0 Å². The minimum atomic E-state index is 0.356. The first kappa shape index (κ1) is 12.7. The van der Waals surface area contributed by atoms with Crippen LogP contribution in [0.1, 0.15) is 29.6 Å². The van der Waals surface area contributed by atoms with Gasteiger partial charge in [-0.05, 0) is 43.7 Å². The predicted molar refractivity (Wildman–Crippen MR) is 79.9 cm³/mol. The second-order valence-corrected chi connectivity index (χ2v) is 6.15. The van der Waals surface area contributed by atoms with Crippen molar-refractivity contribution in [3.63, 3.8) is 0 Å². The molecule has 90 valence electrons. The molecule has 1 aromatic heterocycles. The lowest BCUT2D eigenvalue weighted by Crippen LogP contribution is -2.04. The van der Waals surface area contributed by atoms with Crippen LogP contribution in [0, 0.1) is 0 Å². The van der Waals surface area contributed by atoms with Gasteiger partial charge in [-0.15, -0.1) is 11.3 Å². The average molecular weight is 310 g/mol. The van der Waals surface area contributed by atoms with E-state index < -0.39 is 0 Å². The fraction of sp³-hybridized carbons (Fsp3) is 0.286. The number of anilines is 1. The lowest BCUT2D eigenvalue weighted by molar-refractivity contribution is 0.908. The number of hydrogen-bond donors (Lipinski definition) is 1. The lowest BCUT2D eigenvalue weighted by atomic mass is 10.2. The van der Waals surface area contributed by atoms with E-state index in [1.54, 1.807) is 0 Å². The van der Waals surface area contributed by atoms with Crippen molar-refractivity contribution in [2.45, 2.75) is 26.3 Å². The Hall–Kier alpha value is -0.800. The van der Waals surface area contributed by atoms with Crippen molar-refractivity contribution in [2.24, 2.45) is 0 Å². The molecule has 0 fully saturated rings. The van der Waals surface area contributed by atoms with E-state index in [0.717, 1.165) is 16.6 Å². The van der Waals surface area contributed by atoms with Crippen molar-refractivity contribution < 1.29 is 0 Å². The van der Waals surface area contributed by atoms with E-state index in [9.17, 15) is 0 Å². The molecule has 0 saturated carbocycles. The van der Waals surface area contributed by atoms with Gasteiger partial charge in [0.15, 0.2) is 0 Å². The van der Waals surface area contributed by atoms with Gasteiger partial charge in [-0.1, -0.05) is 28.9 Å². The number of thiophene rings is 1. The Labute approximate surface area is 115 Å². The third-order valence-electron chi connectivity index (χ3n) is 2.67. The van der Waals surface area contributed by atoms with Crippen LogP contribution in [0.5, 0.6) is 0 Å². The maximum atomic E-state index is 3.52. The van der Waals surface area contributed by atoms with Crippen LogP contribution in [0.4, 0.5) is 5.69 Å². The van der Waals surface area contributed by atoms with E-state index in [1.165, 1.54) is 9.75 Å². The summed E-state index contributed by atoms with van der Waals surface area (Å²) < 4.78 is 1.11. The first-order chi connectivity index (χ1) is 8.19. The zero-order valence-corrected chi connectivity index (χ0v) is 12.4. The minimum absolute atomic E-state index is 0.356. The van der Waals surface area contributed by atoms with Crippen molar-refractivity contribution in [3.8, 4) is 0 Å². The molecule has 0 amide bonds. The molecule has 0 bridgehead atoms. The Morgan fingerprint density at radius 1 is 1.29 bits per heavy atom. The molecular weight excluding hydrogens is 294 g/mol.